The Labute approximate surface area is 219 Å². The molecule has 1 aliphatic rings. The van der Waals surface area contributed by atoms with Gasteiger partial charge in [-0.15, -0.1) is 0 Å². The molecular formula is C32H24N2O4. The lowest BCUT2D eigenvalue weighted by Gasteiger charge is -2.25. The van der Waals surface area contributed by atoms with Crippen LogP contribution in [0.25, 0.3) is 22.0 Å². The van der Waals surface area contributed by atoms with Gasteiger partial charge in [0.15, 0.2) is 5.78 Å². The first-order valence-electron chi connectivity index (χ1n) is 12.3. The third-order valence-corrected chi connectivity index (χ3v) is 6.98. The molecule has 0 fully saturated rings. The lowest BCUT2D eigenvalue weighted by Crippen LogP contribution is -2.29. The van der Waals surface area contributed by atoms with Crippen LogP contribution in [0.1, 0.15) is 37.4 Å². The number of hydrogen-bond donors (Lipinski definition) is 1. The Balaban J connectivity index is 1.59. The summed E-state index contributed by atoms with van der Waals surface area (Å²) in [6.07, 6.45) is 0. The fourth-order valence-corrected chi connectivity index (χ4v) is 5.05. The lowest BCUT2D eigenvalue weighted by molar-refractivity contribution is 0.0471. The van der Waals surface area contributed by atoms with Crippen molar-refractivity contribution in [2.24, 2.45) is 7.05 Å². The number of aromatic nitrogens is 1. The van der Waals surface area contributed by atoms with Gasteiger partial charge in [0.1, 0.15) is 12.2 Å². The molecule has 6 rings (SSSR count). The molecule has 0 saturated carbocycles. The van der Waals surface area contributed by atoms with Crippen molar-refractivity contribution in [1.82, 2.24) is 4.57 Å². The second-order valence-corrected chi connectivity index (χ2v) is 9.42. The zero-order valence-electron chi connectivity index (χ0n) is 20.9. The summed E-state index contributed by atoms with van der Waals surface area (Å²) in [6.45, 7) is 2.04. The van der Waals surface area contributed by atoms with Crippen LogP contribution in [0.3, 0.4) is 0 Å². The van der Waals surface area contributed by atoms with Gasteiger partial charge in [0.05, 0.1) is 16.8 Å². The molecule has 5 aromatic rings. The average molecular weight is 501 g/mol. The Morgan fingerprint density at radius 2 is 1.50 bits per heavy atom. The van der Waals surface area contributed by atoms with Crippen LogP contribution in [0.2, 0.25) is 0 Å². The van der Waals surface area contributed by atoms with Crippen LogP contribution in [0.15, 0.2) is 95.8 Å². The van der Waals surface area contributed by atoms with Gasteiger partial charge in [-0.3, -0.25) is 9.59 Å². The van der Waals surface area contributed by atoms with Crippen molar-refractivity contribution >= 4 is 34.0 Å². The van der Waals surface area contributed by atoms with E-state index in [9.17, 15) is 14.4 Å². The van der Waals surface area contributed by atoms with E-state index in [1.807, 2.05) is 61.5 Å². The van der Waals surface area contributed by atoms with Crippen molar-refractivity contribution in [3.05, 3.63) is 129 Å². The van der Waals surface area contributed by atoms with Crippen LogP contribution in [-0.2, 0) is 18.4 Å². The predicted molar refractivity (Wildman–Crippen MR) is 148 cm³/mol. The molecule has 1 heterocycles. The van der Waals surface area contributed by atoms with E-state index in [1.54, 1.807) is 43.4 Å². The van der Waals surface area contributed by atoms with Gasteiger partial charge >= 0.3 is 5.97 Å². The molecule has 1 N–H and O–H groups in total. The van der Waals surface area contributed by atoms with Crippen LogP contribution >= 0.6 is 0 Å². The number of ether oxygens (including phenoxy) is 1. The van der Waals surface area contributed by atoms with E-state index in [0.29, 0.717) is 38.8 Å². The van der Waals surface area contributed by atoms with Crippen molar-refractivity contribution in [1.29, 1.82) is 0 Å². The van der Waals surface area contributed by atoms with Gasteiger partial charge in [0.25, 0.3) is 5.56 Å². The zero-order valence-corrected chi connectivity index (χ0v) is 20.9. The fraction of sp³-hybridized carbons (Fsp3) is 0.0938. The maximum atomic E-state index is 13.9. The second kappa shape index (κ2) is 9.16. The Morgan fingerprint density at radius 1 is 0.816 bits per heavy atom. The number of aryl methyl sites for hydroxylation is 2. The summed E-state index contributed by atoms with van der Waals surface area (Å²) < 4.78 is 7.05. The van der Waals surface area contributed by atoms with Gasteiger partial charge in [-0.1, -0.05) is 72.3 Å². The van der Waals surface area contributed by atoms with Crippen LogP contribution in [0.5, 0.6) is 0 Å². The fourth-order valence-electron chi connectivity index (χ4n) is 5.05. The highest BCUT2D eigenvalue weighted by atomic mass is 16.5. The number of hydrogen-bond acceptors (Lipinski definition) is 5. The molecule has 0 atom stereocenters. The van der Waals surface area contributed by atoms with E-state index in [2.05, 4.69) is 5.32 Å². The maximum absolute atomic E-state index is 13.9. The smallest absolute Gasteiger partial charge is 0.344 e. The molecule has 186 valence electrons. The van der Waals surface area contributed by atoms with Crippen molar-refractivity contribution in [3.63, 3.8) is 0 Å². The number of carbonyl (C=O) groups excluding carboxylic acids is 2. The number of anilines is 2. The van der Waals surface area contributed by atoms with Gasteiger partial charge in [0.2, 0.25) is 0 Å². The summed E-state index contributed by atoms with van der Waals surface area (Å²) in [7, 11) is 1.61. The molecule has 0 saturated heterocycles. The molecule has 4 aromatic carbocycles. The summed E-state index contributed by atoms with van der Waals surface area (Å²) >= 11 is 0. The number of nitrogens with zero attached hydrogens (tertiary/aromatic N) is 1. The van der Waals surface area contributed by atoms with Crippen LogP contribution in [0.4, 0.5) is 11.4 Å². The highest BCUT2D eigenvalue weighted by molar-refractivity contribution is 6.29. The maximum Gasteiger partial charge on any atom is 0.344 e. The molecule has 0 spiro atoms. The summed E-state index contributed by atoms with van der Waals surface area (Å²) in [4.78, 5) is 41.0. The third-order valence-electron chi connectivity index (χ3n) is 6.98. The molecule has 6 nitrogen and oxygen atoms in total. The highest BCUT2D eigenvalue weighted by Gasteiger charge is 2.34. The van der Waals surface area contributed by atoms with Crippen molar-refractivity contribution in [3.8, 4) is 11.1 Å². The molecule has 0 bridgehead atoms. The Kier molecular flexibility index (Phi) is 5.65. The molecule has 0 amide bonds. The number of rotatable bonds is 5. The molecule has 38 heavy (non-hydrogen) atoms. The number of esters is 1. The summed E-state index contributed by atoms with van der Waals surface area (Å²) in [5, 5.41) is 3.93. The number of pyridine rings is 1. The summed E-state index contributed by atoms with van der Waals surface area (Å²) in [5.74, 6) is -0.895. The largest absolute Gasteiger partial charge is 0.457 e. The van der Waals surface area contributed by atoms with Crippen molar-refractivity contribution < 1.29 is 14.3 Å². The van der Waals surface area contributed by atoms with E-state index in [1.165, 1.54) is 4.57 Å². The van der Waals surface area contributed by atoms with Crippen LogP contribution < -0.4 is 10.9 Å². The van der Waals surface area contributed by atoms with Gasteiger partial charge in [-0.05, 0) is 42.3 Å². The zero-order chi connectivity index (χ0) is 26.4. The predicted octanol–water partition coefficient (Wildman–Crippen LogP) is 6.16. The summed E-state index contributed by atoms with van der Waals surface area (Å²) in [6, 6.07) is 27.9. The number of benzene rings is 4. The Bertz CT molecular complexity index is 1800. The normalized spacial score (nSPS) is 11.8. The summed E-state index contributed by atoms with van der Waals surface area (Å²) in [5.41, 5.74) is 5.21. The minimum absolute atomic E-state index is 0.0305. The van der Waals surface area contributed by atoms with Crippen LogP contribution in [-0.4, -0.2) is 16.3 Å². The standard InChI is InChI=1S/C32H24N2O4/c1-19-12-14-21(15-13-19)33-24-16-17-25-28-26(22-10-6-7-11-23(22)30(35)27(24)28)29(31(36)34(25)2)32(37)38-18-20-8-4-3-5-9-20/h3-17,33H,18H2,1-2H3. The van der Waals surface area contributed by atoms with Gasteiger partial charge in [-0.2, -0.15) is 0 Å². The number of fused-ring (bicyclic) bond motifs is 2. The second-order valence-electron chi connectivity index (χ2n) is 9.42. The molecule has 0 aliphatic heterocycles. The van der Waals surface area contributed by atoms with Crippen molar-refractivity contribution in [2.75, 3.05) is 5.32 Å². The van der Waals surface area contributed by atoms with Gasteiger partial charge in [-0.25, -0.2) is 4.79 Å². The molecule has 0 unspecified atom stereocenters. The van der Waals surface area contributed by atoms with E-state index in [4.69, 9.17) is 4.74 Å². The van der Waals surface area contributed by atoms with E-state index < -0.39 is 11.5 Å². The lowest BCUT2D eigenvalue weighted by atomic mass is 9.81. The van der Waals surface area contributed by atoms with E-state index in [0.717, 1.165) is 16.8 Å². The number of carbonyl (C=O) groups is 2. The monoisotopic (exact) mass is 500 g/mol. The first-order valence-corrected chi connectivity index (χ1v) is 12.3. The quantitative estimate of drug-likeness (QED) is 0.287. The molecule has 6 heteroatoms. The first-order chi connectivity index (χ1) is 18.4. The molecule has 0 radical (unpaired) electrons. The average Bonchev–Trinajstić information content (AvgIpc) is 2.94. The minimum Gasteiger partial charge on any atom is -0.457 e. The Morgan fingerprint density at radius 3 is 2.24 bits per heavy atom. The molecule has 1 aliphatic carbocycles. The topological polar surface area (TPSA) is 77.4 Å². The van der Waals surface area contributed by atoms with Gasteiger partial charge in [0, 0.05) is 29.2 Å². The first kappa shape index (κ1) is 23.4. The van der Waals surface area contributed by atoms with Crippen LogP contribution in [0, 0.1) is 6.92 Å². The number of ketones is 1. The number of nitrogens with one attached hydrogen (secondary N) is 1. The third kappa shape index (κ3) is 3.78. The van der Waals surface area contributed by atoms with Crippen molar-refractivity contribution in [2.45, 2.75) is 13.5 Å². The Hall–Kier alpha value is -4.97. The molecule has 1 aromatic heterocycles. The minimum atomic E-state index is -0.724. The van der Waals surface area contributed by atoms with E-state index >= 15 is 0 Å². The van der Waals surface area contributed by atoms with Gasteiger partial charge < -0.3 is 14.6 Å². The molecular weight excluding hydrogens is 476 g/mol. The van der Waals surface area contributed by atoms with E-state index in [-0.39, 0.29) is 18.0 Å². The highest BCUT2D eigenvalue weighted by Crippen LogP contribution is 2.43. The SMILES string of the molecule is Cc1ccc(Nc2ccc3c4c2C(=O)c2ccccc2-c4c(C(=O)OCc2ccccc2)c(=O)n3C)cc1.